The first-order valence-electron chi connectivity index (χ1n) is 9.56. The Labute approximate surface area is 163 Å². The van der Waals surface area contributed by atoms with Gasteiger partial charge in [0.05, 0.1) is 6.61 Å². The van der Waals surface area contributed by atoms with E-state index in [2.05, 4.69) is 6.92 Å². The molecule has 0 atom stereocenters. The zero-order valence-electron chi connectivity index (χ0n) is 16.7. The second kappa shape index (κ2) is 16.8. The second-order valence-corrected chi connectivity index (χ2v) is 6.01. The van der Waals surface area contributed by atoms with E-state index in [-0.39, 0.29) is 11.4 Å². The van der Waals surface area contributed by atoms with Gasteiger partial charge in [-0.2, -0.15) is 5.26 Å². The van der Waals surface area contributed by atoms with E-state index >= 15 is 0 Å². The van der Waals surface area contributed by atoms with Crippen molar-refractivity contribution in [2.24, 2.45) is 0 Å². The van der Waals surface area contributed by atoms with Gasteiger partial charge in [-0.25, -0.2) is 4.79 Å². The summed E-state index contributed by atoms with van der Waals surface area (Å²) < 4.78 is 4.76. The Morgan fingerprint density at radius 1 is 1.07 bits per heavy atom. The van der Waals surface area contributed by atoms with Crippen LogP contribution in [0.5, 0.6) is 0 Å². The molecule has 0 amide bonds. The molecule has 4 heteroatoms. The van der Waals surface area contributed by atoms with Crippen LogP contribution in [-0.4, -0.2) is 18.4 Å². The largest absolute Gasteiger partial charge is 0.462 e. The fourth-order valence-corrected chi connectivity index (χ4v) is 2.16. The molecule has 0 fully saturated rings. The van der Waals surface area contributed by atoms with Crippen molar-refractivity contribution in [1.82, 2.24) is 0 Å². The van der Waals surface area contributed by atoms with E-state index in [1.165, 1.54) is 19.3 Å². The SMILES string of the molecule is CC(=O)C=Cc1ccccc1.CCCCCCCC=C(C#N)C(=O)OCC. The smallest absolute Gasteiger partial charge is 0.348 e. The van der Waals surface area contributed by atoms with E-state index in [9.17, 15) is 9.59 Å². The van der Waals surface area contributed by atoms with Crippen molar-refractivity contribution in [3.05, 3.63) is 53.6 Å². The van der Waals surface area contributed by atoms with Crippen LogP contribution in [0.1, 0.15) is 64.9 Å². The van der Waals surface area contributed by atoms with Crippen molar-refractivity contribution < 1.29 is 14.3 Å². The highest BCUT2D eigenvalue weighted by Gasteiger charge is 2.08. The number of ketones is 1. The highest BCUT2D eigenvalue weighted by Crippen LogP contribution is 2.07. The molecule has 0 bridgehead atoms. The fourth-order valence-electron chi connectivity index (χ4n) is 2.16. The van der Waals surface area contributed by atoms with Crippen LogP contribution in [0.3, 0.4) is 0 Å². The number of rotatable bonds is 10. The maximum atomic E-state index is 11.2. The van der Waals surface area contributed by atoms with Crippen LogP contribution in [0.25, 0.3) is 6.08 Å². The Morgan fingerprint density at radius 3 is 2.30 bits per heavy atom. The Hall–Kier alpha value is -2.67. The lowest BCUT2D eigenvalue weighted by Crippen LogP contribution is -2.06. The van der Waals surface area contributed by atoms with Gasteiger partial charge in [0.2, 0.25) is 0 Å². The molecule has 0 spiro atoms. The molecular formula is C23H31NO3. The van der Waals surface area contributed by atoms with Crippen molar-refractivity contribution in [3.8, 4) is 6.07 Å². The molecule has 0 radical (unpaired) electrons. The van der Waals surface area contributed by atoms with Crippen molar-refractivity contribution in [2.45, 2.75) is 59.3 Å². The molecule has 0 N–H and O–H groups in total. The Kier molecular flexibility index (Phi) is 15.1. The normalized spacial score (nSPS) is 10.7. The molecule has 146 valence electrons. The Morgan fingerprint density at radius 2 is 1.74 bits per heavy atom. The van der Waals surface area contributed by atoms with Gasteiger partial charge in [-0.05, 0) is 38.3 Å². The number of esters is 1. The summed E-state index contributed by atoms with van der Waals surface area (Å²) in [5.74, 6) is -0.424. The molecule has 0 aromatic heterocycles. The van der Waals surface area contributed by atoms with Crippen LogP contribution in [0.2, 0.25) is 0 Å². The minimum atomic E-state index is -0.501. The van der Waals surface area contributed by atoms with Gasteiger partial charge in [0, 0.05) is 0 Å². The number of nitrogens with zero attached hydrogens (tertiary/aromatic N) is 1. The number of unbranched alkanes of at least 4 members (excludes halogenated alkanes) is 5. The van der Waals surface area contributed by atoms with Gasteiger partial charge >= 0.3 is 5.97 Å². The van der Waals surface area contributed by atoms with E-state index < -0.39 is 5.97 Å². The Balaban J connectivity index is 0.000000533. The molecule has 0 aliphatic heterocycles. The minimum absolute atomic E-state index is 0.0776. The van der Waals surface area contributed by atoms with Crippen molar-refractivity contribution in [3.63, 3.8) is 0 Å². The average molecular weight is 370 g/mol. The predicted octanol–water partition coefficient (Wildman–Crippen LogP) is 5.65. The first kappa shape index (κ1) is 24.3. The summed E-state index contributed by atoms with van der Waals surface area (Å²) in [5.41, 5.74) is 1.19. The molecule has 1 rings (SSSR count). The summed E-state index contributed by atoms with van der Waals surface area (Å²) in [7, 11) is 0. The lowest BCUT2D eigenvalue weighted by Gasteiger charge is -2.00. The van der Waals surface area contributed by atoms with E-state index in [0.29, 0.717) is 6.61 Å². The molecule has 0 unspecified atom stereocenters. The quantitative estimate of drug-likeness (QED) is 0.231. The van der Waals surface area contributed by atoms with Gasteiger partial charge in [-0.15, -0.1) is 0 Å². The topological polar surface area (TPSA) is 67.2 Å². The highest BCUT2D eigenvalue weighted by atomic mass is 16.5. The molecule has 0 saturated heterocycles. The monoisotopic (exact) mass is 369 g/mol. The van der Waals surface area contributed by atoms with Gasteiger partial charge in [0.1, 0.15) is 11.6 Å². The van der Waals surface area contributed by atoms with Crippen LogP contribution in [0.15, 0.2) is 48.1 Å². The molecule has 27 heavy (non-hydrogen) atoms. The number of benzene rings is 1. The van der Waals surface area contributed by atoms with Gasteiger partial charge < -0.3 is 4.74 Å². The van der Waals surface area contributed by atoms with Crippen LogP contribution >= 0.6 is 0 Å². The van der Waals surface area contributed by atoms with E-state index in [1.54, 1.807) is 26.0 Å². The zero-order valence-corrected chi connectivity index (χ0v) is 16.7. The van der Waals surface area contributed by atoms with E-state index in [1.807, 2.05) is 42.5 Å². The average Bonchev–Trinajstić information content (AvgIpc) is 2.67. The van der Waals surface area contributed by atoms with Gasteiger partial charge in [0.15, 0.2) is 5.78 Å². The van der Waals surface area contributed by atoms with Crippen LogP contribution in [0.4, 0.5) is 0 Å². The molecule has 0 aliphatic rings. The summed E-state index contributed by atoms with van der Waals surface area (Å²) >= 11 is 0. The predicted molar refractivity (Wildman–Crippen MR) is 110 cm³/mol. The third-order valence-corrected chi connectivity index (χ3v) is 3.58. The van der Waals surface area contributed by atoms with Crippen LogP contribution in [-0.2, 0) is 14.3 Å². The molecule has 0 heterocycles. The van der Waals surface area contributed by atoms with Crippen molar-refractivity contribution in [2.75, 3.05) is 6.61 Å². The molecule has 0 aliphatic carbocycles. The number of ether oxygens (including phenoxy) is 1. The highest BCUT2D eigenvalue weighted by molar-refractivity contribution is 5.92. The maximum absolute atomic E-state index is 11.2. The zero-order chi connectivity index (χ0) is 20.3. The van der Waals surface area contributed by atoms with E-state index in [0.717, 1.165) is 24.8 Å². The lowest BCUT2D eigenvalue weighted by atomic mass is 10.1. The maximum Gasteiger partial charge on any atom is 0.348 e. The summed E-state index contributed by atoms with van der Waals surface area (Å²) in [6.45, 7) is 5.76. The summed E-state index contributed by atoms with van der Waals surface area (Å²) in [4.78, 5) is 21.8. The number of carbonyl (C=O) groups is 2. The fraction of sp³-hybridized carbons (Fsp3) is 0.435. The van der Waals surface area contributed by atoms with E-state index in [4.69, 9.17) is 10.00 Å². The van der Waals surface area contributed by atoms with Crippen molar-refractivity contribution in [1.29, 1.82) is 5.26 Å². The number of hydrogen-bond donors (Lipinski definition) is 0. The second-order valence-electron chi connectivity index (χ2n) is 6.01. The molecule has 1 aromatic carbocycles. The number of hydrogen-bond acceptors (Lipinski definition) is 4. The lowest BCUT2D eigenvalue weighted by molar-refractivity contribution is -0.138. The Bertz CT molecular complexity index is 639. The van der Waals surface area contributed by atoms with Crippen LogP contribution < -0.4 is 0 Å². The minimum Gasteiger partial charge on any atom is -0.462 e. The first-order valence-corrected chi connectivity index (χ1v) is 9.56. The third kappa shape index (κ3) is 14.2. The molecule has 0 saturated carbocycles. The molecule has 1 aromatic rings. The number of nitriles is 1. The first-order chi connectivity index (χ1) is 13.0. The van der Waals surface area contributed by atoms with Gasteiger partial charge in [-0.1, -0.05) is 75.1 Å². The summed E-state index contributed by atoms with van der Waals surface area (Å²) in [6, 6.07) is 11.6. The summed E-state index contributed by atoms with van der Waals surface area (Å²) in [6.07, 6.45) is 11.7. The van der Waals surface area contributed by atoms with Crippen LogP contribution in [0, 0.1) is 11.3 Å². The third-order valence-electron chi connectivity index (χ3n) is 3.58. The molecule has 4 nitrogen and oxygen atoms in total. The molecular weight excluding hydrogens is 338 g/mol. The standard InChI is InChI=1S/C13H21NO2.C10H10O/c1-3-5-6-7-8-9-10-12(11-14)13(15)16-4-2;1-9(11)7-8-10-5-3-2-4-6-10/h10H,3-9H2,1-2H3;2-8H,1H3. The van der Waals surface area contributed by atoms with Gasteiger partial charge in [-0.3, -0.25) is 4.79 Å². The summed E-state index contributed by atoms with van der Waals surface area (Å²) in [5, 5.41) is 8.74. The number of allylic oxidation sites excluding steroid dienone is 2. The van der Waals surface area contributed by atoms with Gasteiger partial charge in [0.25, 0.3) is 0 Å². The number of carbonyl (C=O) groups excluding carboxylic acids is 2. The van der Waals surface area contributed by atoms with Crippen molar-refractivity contribution >= 4 is 17.8 Å².